The van der Waals surface area contributed by atoms with Gasteiger partial charge in [0.25, 0.3) is 11.8 Å². The van der Waals surface area contributed by atoms with Gasteiger partial charge in [-0.25, -0.2) is 4.99 Å². The number of aromatic nitrogens is 3. The number of amides is 2. The number of rotatable bonds is 4. The number of hydrogen-bond acceptors (Lipinski definition) is 6. The molecule has 0 saturated heterocycles. The van der Waals surface area contributed by atoms with Crippen molar-refractivity contribution in [3.05, 3.63) is 66.0 Å². The number of nitrogens with zero attached hydrogens (tertiary/aromatic N) is 4. The molecule has 0 bridgehead atoms. The van der Waals surface area contributed by atoms with Crippen molar-refractivity contribution in [2.75, 3.05) is 0 Å². The Labute approximate surface area is 147 Å². The molecule has 1 aliphatic heterocycles. The van der Waals surface area contributed by atoms with Crippen LogP contribution in [-0.2, 0) is 11.3 Å². The zero-order chi connectivity index (χ0) is 17.9. The number of benzene rings is 1. The lowest BCUT2D eigenvalue weighted by atomic mass is 10.1. The second kappa shape index (κ2) is 6.67. The maximum absolute atomic E-state index is 12.3. The highest BCUT2D eigenvalue weighted by Gasteiger charge is 2.24. The van der Waals surface area contributed by atoms with Crippen molar-refractivity contribution in [2.45, 2.75) is 12.5 Å². The van der Waals surface area contributed by atoms with Crippen molar-refractivity contribution in [3.63, 3.8) is 0 Å². The highest BCUT2D eigenvalue weighted by atomic mass is 16.5. The van der Waals surface area contributed by atoms with E-state index in [2.05, 4.69) is 25.4 Å². The molecule has 3 heterocycles. The summed E-state index contributed by atoms with van der Waals surface area (Å²) in [5.41, 5.74) is 1.32. The molecule has 1 unspecified atom stereocenters. The van der Waals surface area contributed by atoms with Crippen LogP contribution in [0.2, 0.25) is 0 Å². The van der Waals surface area contributed by atoms with Gasteiger partial charge in [0.05, 0.1) is 12.1 Å². The van der Waals surface area contributed by atoms with Crippen LogP contribution in [0.15, 0.2) is 58.2 Å². The molecule has 0 saturated carbocycles. The molecule has 1 atom stereocenters. The van der Waals surface area contributed by atoms with E-state index in [1.807, 2.05) is 12.1 Å². The molecule has 0 fully saturated rings. The second-order valence-electron chi connectivity index (χ2n) is 5.62. The predicted octanol–water partition coefficient (Wildman–Crippen LogP) is 1.80. The van der Waals surface area contributed by atoms with E-state index in [9.17, 15) is 9.59 Å². The van der Waals surface area contributed by atoms with E-state index in [1.165, 1.54) is 6.21 Å². The Kier molecular flexibility index (Phi) is 4.06. The van der Waals surface area contributed by atoms with Crippen LogP contribution in [0.5, 0.6) is 0 Å². The topological polar surface area (TPSA) is 110 Å². The van der Waals surface area contributed by atoms with E-state index in [1.54, 1.807) is 36.5 Å². The molecule has 3 aromatic rings. The Morgan fingerprint density at radius 3 is 3.08 bits per heavy atom. The summed E-state index contributed by atoms with van der Waals surface area (Å²) < 4.78 is 5.10. The van der Waals surface area contributed by atoms with E-state index < -0.39 is 5.92 Å². The van der Waals surface area contributed by atoms with Crippen molar-refractivity contribution in [1.29, 1.82) is 0 Å². The normalized spacial score (nSPS) is 16.2. The molecule has 8 nitrogen and oxygen atoms in total. The summed E-state index contributed by atoms with van der Waals surface area (Å²) in [6.07, 6.45) is 6.41. The minimum absolute atomic E-state index is 0.0603. The average molecular weight is 347 g/mol. The van der Waals surface area contributed by atoms with E-state index in [4.69, 9.17) is 4.52 Å². The van der Waals surface area contributed by atoms with Gasteiger partial charge in [0.15, 0.2) is 5.82 Å². The Morgan fingerprint density at radius 2 is 2.19 bits per heavy atom. The van der Waals surface area contributed by atoms with Crippen LogP contribution in [0.4, 0.5) is 0 Å². The van der Waals surface area contributed by atoms with Gasteiger partial charge in [0.2, 0.25) is 5.89 Å². The summed E-state index contributed by atoms with van der Waals surface area (Å²) in [5, 5.41) is 7.39. The lowest BCUT2D eigenvalue weighted by Gasteiger charge is -2.05. The van der Waals surface area contributed by atoms with Gasteiger partial charge in [-0.2, -0.15) is 4.98 Å². The van der Waals surface area contributed by atoms with Gasteiger partial charge in [-0.3, -0.25) is 14.6 Å². The van der Waals surface area contributed by atoms with Gasteiger partial charge < -0.3 is 9.84 Å². The average Bonchev–Trinajstić information content (AvgIpc) is 3.15. The minimum atomic E-state index is -0.652. The van der Waals surface area contributed by atoms with Crippen molar-refractivity contribution in [2.24, 2.45) is 4.99 Å². The molecule has 128 valence electrons. The van der Waals surface area contributed by atoms with Crippen LogP contribution in [0.1, 0.15) is 28.0 Å². The molecule has 8 heteroatoms. The third kappa shape index (κ3) is 3.12. The smallest absolute Gasteiger partial charge is 0.260 e. The summed E-state index contributed by atoms with van der Waals surface area (Å²) >= 11 is 0. The third-order valence-electron chi connectivity index (χ3n) is 3.88. The van der Waals surface area contributed by atoms with Crippen LogP contribution in [0.25, 0.3) is 10.9 Å². The zero-order valence-electron chi connectivity index (χ0n) is 13.5. The summed E-state index contributed by atoms with van der Waals surface area (Å²) in [4.78, 5) is 36.1. The number of aliphatic imine (C=N–C) groups is 1. The van der Waals surface area contributed by atoms with Crippen LogP contribution in [0, 0.1) is 0 Å². The van der Waals surface area contributed by atoms with Gasteiger partial charge in [0.1, 0.15) is 5.92 Å². The number of carbonyl (C=O) groups is 2. The molecule has 0 spiro atoms. The molecule has 0 aliphatic carbocycles. The summed E-state index contributed by atoms with van der Waals surface area (Å²) in [7, 11) is 0. The molecule has 2 amide bonds. The highest BCUT2D eigenvalue weighted by molar-refractivity contribution is 5.98. The summed E-state index contributed by atoms with van der Waals surface area (Å²) in [5.74, 6) is -0.834. The maximum atomic E-state index is 12.3. The lowest BCUT2D eigenvalue weighted by Crippen LogP contribution is -2.23. The molecule has 0 radical (unpaired) electrons. The highest BCUT2D eigenvalue weighted by Crippen LogP contribution is 2.18. The minimum Gasteiger partial charge on any atom is -0.343 e. The van der Waals surface area contributed by atoms with Crippen molar-refractivity contribution >= 4 is 28.9 Å². The summed E-state index contributed by atoms with van der Waals surface area (Å²) in [6, 6.07) is 8.96. The number of nitrogens with one attached hydrogen (secondary N) is 1. The molecule has 1 aliphatic rings. The fraction of sp³-hybridized carbons (Fsp3) is 0.111. The number of allylic oxidation sites excluding steroid dienone is 1. The second-order valence-corrected chi connectivity index (χ2v) is 5.62. The van der Waals surface area contributed by atoms with Crippen molar-refractivity contribution in [1.82, 2.24) is 20.4 Å². The Balaban J connectivity index is 1.43. The first kappa shape index (κ1) is 15.8. The van der Waals surface area contributed by atoms with E-state index >= 15 is 0 Å². The molecule has 1 N–H and O–H groups in total. The molecule has 4 rings (SSSR count). The molecule has 1 aromatic carbocycles. The van der Waals surface area contributed by atoms with Gasteiger partial charge in [-0.15, -0.1) is 0 Å². The van der Waals surface area contributed by atoms with Gasteiger partial charge in [-0.05, 0) is 30.3 Å². The van der Waals surface area contributed by atoms with E-state index in [0.29, 0.717) is 5.56 Å². The maximum Gasteiger partial charge on any atom is 0.260 e. The van der Waals surface area contributed by atoms with E-state index in [0.717, 1.165) is 10.9 Å². The van der Waals surface area contributed by atoms with Crippen molar-refractivity contribution < 1.29 is 14.1 Å². The lowest BCUT2D eigenvalue weighted by molar-refractivity contribution is -0.118. The first-order valence-corrected chi connectivity index (χ1v) is 7.91. The Morgan fingerprint density at radius 1 is 1.27 bits per heavy atom. The molecular weight excluding hydrogens is 334 g/mol. The standard InChI is InChI=1S/C18H13N5O3/c24-17(12-5-6-14-11(9-12)3-1-7-19-14)21-10-15-22-16(23-26-15)13-4-2-8-20-18(13)25/h1-9,13H,10H2,(H,21,24). The van der Waals surface area contributed by atoms with Gasteiger partial charge in [-0.1, -0.05) is 17.3 Å². The fourth-order valence-corrected chi connectivity index (χ4v) is 2.58. The monoisotopic (exact) mass is 347 g/mol. The zero-order valence-corrected chi connectivity index (χ0v) is 13.5. The Hall–Kier alpha value is -3.68. The first-order chi connectivity index (χ1) is 12.7. The molecule has 2 aromatic heterocycles. The third-order valence-corrected chi connectivity index (χ3v) is 3.88. The van der Waals surface area contributed by atoms with Crippen LogP contribution >= 0.6 is 0 Å². The quantitative estimate of drug-likeness (QED) is 0.770. The number of hydrogen-bond donors (Lipinski definition) is 1. The van der Waals surface area contributed by atoms with Crippen LogP contribution in [0.3, 0.4) is 0 Å². The SMILES string of the molecule is O=C(NCc1nc(C2C=CC=NC2=O)no1)c1ccc2ncccc2c1. The molecular formula is C18H13N5O3. The largest absolute Gasteiger partial charge is 0.343 e. The van der Waals surface area contributed by atoms with Crippen LogP contribution < -0.4 is 5.32 Å². The van der Waals surface area contributed by atoms with Crippen LogP contribution in [-0.4, -0.2) is 33.2 Å². The number of dihydropyridines is 1. The van der Waals surface area contributed by atoms with Gasteiger partial charge >= 0.3 is 0 Å². The number of fused-ring (bicyclic) bond motifs is 1. The van der Waals surface area contributed by atoms with Crippen molar-refractivity contribution in [3.8, 4) is 0 Å². The molecule has 26 heavy (non-hydrogen) atoms. The summed E-state index contributed by atoms with van der Waals surface area (Å²) in [6.45, 7) is 0.0603. The number of carbonyl (C=O) groups excluding carboxylic acids is 2. The predicted molar refractivity (Wildman–Crippen MR) is 92.6 cm³/mol. The fourth-order valence-electron chi connectivity index (χ4n) is 2.58. The number of pyridine rings is 1. The Bertz CT molecular complexity index is 1050. The first-order valence-electron chi connectivity index (χ1n) is 7.91. The van der Waals surface area contributed by atoms with E-state index in [-0.39, 0.29) is 30.1 Å². The van der Waals surface area contributed by atoms with Gasteiger partial charge in [0, 0.05) is 23.4 Å².